The quantitative estimate of drug-likeness (QED) is 0.897. The van der Waals surface area contributed by atoms with E-state index in [9.17, 15) is 5.11 Å². The van der Waals surface area contributed by atoms with Crippen LogP contribution in [0.2, 0.25) is 0 Å². The predicted octanol–water partition coefficient (Wildman–Crippen LogP) is 2.80. The summed E-state index contributed by atoms with van der Waals surface area (Å²) < 4.78 is 3.91. The molecule has 1 N–H and O–H groups in total. The van der Waals surface area contributed by atoms with Crippen molar-refractivity contribution in [1.82, 2.24) is 9.59 Å². The van der Waals surface area contributed by atoms with Crippen LogP contribution in [0.4, 0.5) is 0 Å². The van der Waals surface area contributed by atoms with Gasteiger partial charge >= 0.3 is 0 Å². The SMILES string of the molecule is CC(C)c1nnsc1C(O)c1ccsc1. The summed E-state index contributed by atoms with van der Waals surface area (Å²) in [6, 6.07) is 1.93. The molecule has 80 valence electrons. The van der Waals surface area contributed by atoms with Gasteiger partial charge in [-0.1, -0.05) is 18.3 Å². The molecule has 0 spiro atoms. The number of thiophene rings is 1. The summed E-state index contributed by atoms with van der Waals surface area (Å²) in [4.78, 5) is 0.864. The third kappa shape index (κ3) is 2.09. The standard InChI is InChI=1S/C10H12N2OS2/c1-6(2)8-10(15-12-11-8)9(13)7-3-4-14-5-7/h3-6,9,13H,1-2H3. The Hall–Kier alpha value is -0.780. The van der Waals surface area contributed by atoms with Crippen LogP contribution >= 0.6 is 22.9 Å². The average Bonchev–Trinajstić information content (AvgIpc) is 2.88. The summed E-state index contributed by atoms with van der Waals surface area (Å²) in [6.45, 7) is 4.11. The molecule has 0 radical (unpaired) electrons. The van der Waals surface area contributed by atoms with E-state index in [1.165, 1.54) is 11.5 Å². The van der Waals surface area contributed by atoms with Crippen molar-refractivity contribution in [1.29, 1.82) is 0 Å². The lowest BCUT2D eigenvalue weighted by atomic mass is 10.0. The maximum absolute atomic E-state index is 10.1. The zero-order chi connectivity index (χ0) is 10.8. The fourth-order valence-corrected chi connectivity index (χ4v) is 2.88. The van der Waals surface area contributed by atoms with E-state index in [2.05, 4.69) is 23.4 Å². The van der Waals surface area contributed by atoms with Crippen molar-refractivity contribution in [2.24, 2.45) is 0 Å². The van der Waals surface area contributed by atoms with E-state index < -0.39 is 6.10 Å². The smallest absolute Gasteiger partial charge is 0.117 e. The van der Waals surface area contributed by atoms with Crippen molar-refractivity contribution in [3.63, 3.8) is 0 Å². The van der Waals surface area contributed by atoms with E-state index >= 15 is 0 Å². The molecule has 1 unspecified atom stereocenters. The van der Waals surface area contributed by atoms with E-state index in [0.717, 1.165) is 16.1 Å². The van der Waals surface area contributed by atoms with Crippen LogP contribution in [-0.4, -0.2) is 14.7 Å². The van der Waals surface area contributed by atoms with E-state index in [4.69, 9.17) is 0 Å². The fraction of sp³-hybridized carbons (Fsp3) is 0.400. The van der Waals surface area contributed by atoms with E-state index in [0.29, 0.717) is 5.92 Å². The summed E-state index contributed by atoms with van der Waals surface area (Å²) in [6.07, 6.45) is -0.575. The van der Waals surface area contributed by atoms with E-state index in [-0.39, 0.29) is 0 Å². The lowest BCUT2D eigenvalue weighted by Crippen LogP contribution is -2.01. The largest absolute Gasteiger partial charge is 0.383 e. The highest BCUT2D eigenvalue weighted by Crippen LogP contribution is 2.31. The molecule has 0 saturated carbocycles. The molecule has 2 heterocycles. The summed E-state index contributed by atoms with van der Waals surface area (Å²) in [5.74, 6) is 0.298. The number of nitrogens with zero attached hydrogens (tertiary/aromatic N) is 2. The molecule has 2 aromatic heterocycles. The monoisotopic (exact) mass is 240 g/mol. The molecule has 0 fully saturated rings. The Morgan fingerprint density at radius 2 is 2.20 bits per heavy atom. The number of aromatic nitrogens is 2. The van der Waals surface area contributed by atoms with Gasteiger partial charge in [0.2, 0.25) is 0 Å². The van der Waals surface area contributed by atoms with Gasteiger partial charge in [0.05, 0.1) is 10.6 Å². The zero-order valence-electron chi connectivity index (χ0n) is 8.54. The van der Waals surface area contributed by atoms with Crippen LogP contribution in [0.15, 0.2) is 16.8 Å². The Kier molecular flexibility index (Phi) is 3.14. The third-order valence-electron chi connectivity index (χ3n) is 2.19. The van der Waals surface area contributed by atoms with Crippen LogP contribution in [0.1, 0.15) is 42.0 Å². The molecule has 0 aliphatic heterocycles. The normalized spacial score (nSPS) is 13.3. The van der Waals surface area contributed by atoms with Crippen molar-refractivity contribution < 1.29 is 5.11 Å². The molecule has 0 aliphatic rings. The van der Waals surface area contributed by atoms with Crippen molar-refractivity contribution >= 4 is 22.9 Å². The van der Waals surface area contributed by atoms with Gasteiger partial charge < -0.3 is 5.11 Å². The minimum atomic E-state index is -0.575. The molecule has 0 amide bonds. The average molecular weight is 240 g/mol. The Morgan fingerprint density at radius 3 is 2.80 bits per heavy atom. The highest BCUT2D eigenvalue weighted by molar-refractivity contribution is 7.08. The maximum atomic E-state index is 10.1. The lowest BCUT2D eigenvalue weighted by molar-refractivity contribution is 0.223. The first kappa shape index (κ1) is 10.7. The first-order valence-corrected chi connectivity index (χ1v) is 6.44. The van der Waals surface area contributed by atoms with E-state index in [1.807, 2.05) is 16.8 Å². The molecule has 15 heavy (non-hydrogen) atoms. The molecule has 0 bridgehead atoms. The predicted molar refractivity (Wildman–Crippen MR) is 62.4 cm³/mol. The molecule has 0 aliphatic carbocycles. The van der Waals surface area contributed by atoms with Gasteiger partial charge in [-0.05, 0) is 39.8 Å². The Balaban J connectivity index is 2.33. The van der Waals surface area contributed by atoms with Crippen LogP contribution in [0.5, 0.6) is 0 Å². The van der Waals surface area contributed by atoms with Crippen LogP contribution in [-0.2, 0) is 0 Å². The Morgan fingerprint density at radius 1 is 1.40 bits per heavy atom. The molecule has 5 heteroatoms. The van der Waals surface area contributed by atoms with Gasteiger partial charge in [-0.3, -0.25) is 0 Å². The van der Waals surface area contributed by atoms with Crippen molar-refractivity contribution in [3.05, 3.63) is 33.0 Å². The number of aliphatic hydroxyl groups excluding tert-OH is 1. The summed E-state index contributed by atoms with van der Waals surface area (Å²) in [5, 5.41) is 18.1. The van der Waals surface area contributed by atoms with Gasteiger partial charge in [-0.25, -0.2) is 0 Å². The minimum absolute atomic E-state index is 0.298. The number of aliphatic hydroxyl groups is 1. The molecular formula is C10H12N2OS2. The summed E-state index contributed by atoms with van der Waals surface area (Å²) in [7, 11) is 0. The van der Waals surface area contributed by atoms with Gasteiger partial charge in [0.15, 0.2) is 0 Å². The molecule has 1 atom stereocenters. The van der Waals surface area contributed by atoms with Crippen LogP contribution < -0.4 is 0 Å². The zero-order valence-corrected chi connectivity index (χ0v) is 10.2. The van der Waals surface area contributed by atoms with Crippen molar-refractivity contribution in [2.75, 3.05) is 0 Å². The summed E-state index contributed by atoms with van der Waals surface area (Å²) >= 11 is 2.86. The molecular weight excluding hydrogens is 228 g/mol. The molecule has 2 aromatic rings. The number of hydrogen-bond acceptors (Lipinski definition) is 5. The van der Waals surface area contributed by atoms with Gasteiger partial charge in [0.25, 0.3) is 0 Å². The molecule has 2 rings (SSSR count). The fourth-order valence-electron chi connectivity index (χ4n) is 1.38. The van der Waals surface area contributed by atoms with Crippen molar-refractivity contribution in [2.45, 2.75) is 25.9 Å². The maximum Gasteiger partial charge on any atom is 0.117 e. The topological polar surface area (TPSA) is 46.0 Å². The van der Waals surface area contributed by atoms with Gasteiger partial charge in [-0.15, -0.1) is 5.10 Å². The molecule has 3 nitrogen and oxygen atoms in total. The van der Waals surface area contributed by atoms with Crippen LogP contribution in [0.3, 0.4) is 0 Å². The molecule has 0 aromatic carbocycles. The first-order valence-electron chi connectivity index (χ1n) is 4.72. The Labute approximate surface area is 96.6 Å². The third-order valence-corrected chi connectivity index (χ3v) is 3.69. The van der Waals surface area contributed by atoms with Gasteiger partial charge in [0, 0.05) is 0 Å². The van der Waals surface area contributed by atoms with E-state index in [1.54, 1.807) is 11.3 Å². The van der Waals surface area contributed by atoms with Crippen molar-refractivity contribution in [3.8, 4) is 0 Å². The Bertz CT molecular complexity index is 422. The lowest BCUT2D eigenvalue weighted by Gasteiger charge is -2.09. The van der Waals surface area contributed by atoms with Crippen LogP contribution in [0.25, 0.3) is 0 Å². The second-order valence-electron chi connectivity index (χ2n) is 3.64. The first-order chi connectivity index (χ1) is 7.20. The minimum Gasteiger partial charge on any atom is -0.383 e. The molecule has 0 saturated heterocycles. The second-order valence-corrected chi connectivity index (χ2v) is 5.20. The highest BCUT2D eigenvalue weighted by Gasteiger charge is 2.20. The highest BCUT2D eigenvalue weighted by atomic mass is 32.1. The second kappa shape index (κ2) is 4.38. The summed E-state index contributed by atoms with van der Waals surface area (Å²) in [5.41, 5.74) is 1.83. The number of rotatable bonds is 3. The van der Waals surface area contributed by atoms with Crippen LogP contribution in [0, 0.1) is 0 Å². The van der Waals surface area contributed by atoms with Gasteiger partial charge in [0.1, 0.15) is 6.10 Å². The number of hydrogen-bond donors (Lipinski definition) is 1. The van der Waals surface area contributed by atoms with Gasteiger partial charge in [-0.2, -0.15) is 11.3 Å².